The monoisotopic (exact) mass is 684 g/mol. The first-order valence-electron chi connectivity index (χ1n) is 17.5. The number of esters is 1. The maximum absolute atomic E-state index is 13.1. The number of benzene rings is 3. The summed E-state index contributed by atoms with van der Waals surface area (Å²) in [4.78, 5) is 23.6. The third-order valence-electron chi connectivity index (χ3n) is 8.25. The average molecular weight is 685 g/mol. The number of unbranched alkanes of at least 4 members (excludes halogenated alkanes) is 8. The molecule has 8 nitrogen and oxygen atoms in total. The van der Waals surface area contributed by atoms with Crippen molar-refractivity contribution in [3.63, 3.8) is 0 Å². The molecule has 3 aromatic rings. The van der Waals surface area contributed by atoms with Crippen molar-refractivity contribution in [1.82, 2.24) is 0 Å². The molecular formula is C39H57NO7P+. The van der Waals surface area contributed by atoms with Crippen molar-refractivity contribution in [2.24, 2.45) is 0 Å². The number of likely N-dealkylation sites (N-methyl/N-ethyl adjacent to an activating group) is 1. The largest absolute Gasteiger partial charge is 0.472 e. The smallest absolute Gasteiger partial charge is 0.457 e. The van der Waals surface area contributed by atoms with E-state index in [2.05, 4.69) is 6.92 Å². The van der Waals surface area contributed by atoms with Gasteiger partial charge in [-0.15, -0.1) is 0 Å². The molecule has 1 N–H and O–H groups in total. The first-order valence-corrected chi connectivity index (χ1v) is 19.0. The molecule has 0 aliphatic carbocycles. The highest BCUT2D eigenvalue weighted by Gasteiger charge is 2.39. The van der Waals surface area contributed by atoms with Crippen molar-refractivity contribution in [3.8, 4) is 0 Å². The topological polar surface area (TPSA) is 91.3 Å². The molecule has 0 aliphatic rings. The van der Waals surface area contributed by atoms with E-state index in [-0.39, 0.29) is 26.2 Å². The fraction of sp³-hybridized carbons (Fsp3) is 0.513. The minimum Gasteiger partial charge on any atom is -0.457 e. The lowest BCUT2D eigenvalue weighted by Crippen LogP contribution is -2.38. The standard InChI is InChI=1S/C39H56NO7P/c1-5-6-7-8-9-10-11-12-22-29-38(41)47-37(33-46-48(42,43)45-31-30-40(2,3)4)32-44-39(34-23-16-13-17-24-34,35-25-18-14-19-26-35)36-27-20-15-21-28-36/h13-21,23-28,37H,5-12,22,29-33H2,1-4H3/p+1/t37-/m1/s1/i23+2. The lowest BCUT2D eigenvalue weighted by atomic mass is 9.82. The molecule has 0 radical (unpaired) electrons. The Morgan fingerprint density at radius 3 is 1.90 bits per heavy atom. The fourth-order valence-corrected chi connectivity index (χ4v) is 6.31. The zero-order chi connectivity index (χ0) is 34.7. The number of hydrogen-bond acceptors (Lipinski definition) is 6. The Labute approximate surface area is 288 Å². The van der Waals surface area contributed by atoms with Gasteiger partial charge in [-0.3, -0.25) is 13.8 Å². The Morgan fingerprint density at radius 2 is 1.35 bits per heavy atom. The summed E-state index contributed by atoms with van der Waals surface area (Å²) >= 11 is 0. The maximum Gasteiger partial charge on any atom is 0.472 e. The fourth-order valence-electron chi connectivity index (χ4n) is 5.57. The van der Waals surface area contributed by atoms with Crippen LogP contribution in [0.5, 0.6) is 0 Å². The predicted octanol–water partition coefficient (Wildman–Crippen LogP) is 8.67. The Kier molecular flexibility index (Phi) is 17.0. The Morgan fingerprint density at radius 1 is 0.792 bits per heavy atom. The van der Waals surface area contributed by atoms with Crippen molar-refractivity contribution in [2.75, 3.05) is 47.5 Å². The number of rotatable bonds is 24. The molecule has 0 aromatic heterocycles. The van der Waals surface area contributed by atoms with E-state index >= 15 is 0 Å². The predicted molar refractivity (Wildman–Crippen MR) is 192 cm³/mol. The number of nitrogens with zero attached hydrogens (tertiary/aromatic N) is 1. The van der Waals surface area contributed by atoms with Crippen molar-refractivity contribution < 1.29 is 37.3 Å². The van der Waals surface area contributed by atoms with Gasteiger partial charge in [-0.25, -0.2) is 4.57 Å². The molecule has 0 bridgehead atoms. The summed E-state index contributed by atoms with van der Waals surface area (Å²) in [5, 5.41) is 0. The third kappa shape index (κ3) is 13.9. The summed E-state index contributed by atoms with van der Waals surface area (Å²) in [6.07, 6.45) is 9.52. The zero-order valence-corrected chi connectivity index (χ0v) is 30.3. The normalized spacial score (nSPS) is 13.9. The van der Waals surface area contributed by atoms with E-state index in [1.165, 1.54) is 38.5 Å². The van der Waals surface area contributed by atoms with E-state index in [0.29, 0.717) is 11.0 Å². The number of hydrogen-bond donors (Lipinski definition) is 1. The summed E-state index contributed by atoms with van der Waals surface area (Å²) in [7, 11) is 1.48. The van der Waals surface area contributed by atoms with Gasteiger partial charge in [0.05, 0.1) is 34.4 Å². The van der Waals surface area contributed by atoms with Crippen LogP contribution in [0.25, 0.3) is 0 Å². The molecule has 0 heterocycles. The molecule has 1 unspecified atom stereocenters. The summed E-state index contributed by atoms with van der Waals surface area (Å²) < 4.78 is 36.8. The van der Waals surface area contributed by atoms with Crippen LogP contribution in [-0.2, 0) is 33.5 Å². The molecule has 3 rings (SSSR count). The van der Waals surface area contributed by atoms with Crippen LogP contribution in [-0.4, -0.2) is 69.0 Å². The molecule has 264 valence electrons. The molecule has 0 spiro atoms. The molecule has 0 saturated heterocycles. The highest BCUT2D eigenvalue weighted by molar-refractivity contribution is 7.47. The highest BCUT2D eigenvalue weighted by Crippen LogP contribution is 2.44. The zero-order valence-electron chi connectivity index (χ0n) is 29.4. The number of phosphoric ester groups is 1. The highest BCUT2D eigenvalue weighted by atomic mass is 31.2. The van der Waals surface area contributed by atoms with E-state index in [1.54, 1.807) is 0 Å². The van der Waals surface area contributed by atoms with Gasteiger partial charge >= 0.3 is 13.8 Å². The Hall–Kier alpha value is -2.84. The SMILES string of the molecule is CCCCCCCCCCCC(=O)O[C@H](COC(c1ccccc1)(c1ccccc1)c1cccc[14cH]1)COP(=O)(O)OCC[N+](C)(C)C. The molecule has 48 heavy (non-hydrogen) atoms. The van der Waals surface area contributed by atoms with E-state index in [1.807, 2.05) is 112 Å². The van der Waals surface area contributed by atoms with Crippen molar-refractivity contribution in [2.45, 2.75) is 82.8 Å². The third-order valence-corrected chi connectivity index (χ3v) is 9.23. The maximum atomic E-state index is 13.1. The lowest BCUT2D eigenvalue weighted by molar-refractivity contribution is -0.870. The van der Waals surface area contributed by atoms with Gasteiger partial charge in [-0.05, 0) is 23.1 Å². The summed E-state index contributed by atoms with van der Waals surface area (Å²) in [5.74, 6) is -0.390. The van der Waals surface area contributed by atoms with Gasteiger partial charge in [0.1, 0.15) is 24.9 Å². The number of quaternary nitrogens is 1. The van der Waals surface area contributed by atoms with Crippen LogP contribution in [0, 0.1) is 0 Å². The van der Waals surface area contributed by atoms with Gasteiger partial charge in [0, 0.05) is 6.42 Å². The number of phosphoric acid groups is 1. The van der Waals surface area contributed by atoms with Crippen LogP contribution >= 0.6 is 7.82 Å². The van der Waals surface area contributed by atoms with Crippen LogP contribution in [0.4, 0.5) is 0 Å². The van der Waals surface area contributed by atoms with Gasteiger partial charge in [-0.2, -0.15) is 0 Å². The van der Waals surface area contributed by atoms with E-state index in [9.17, 15) is 14.3 Å². The molecule has 0 aliphatic heterocycles. The minimum atomic E-state index is -4.42. The van der Waals surface area contributed by atoms with E-state index in [4.69, 9.17) is 18.5 Å². The number of carbonyl (C=O) groups excluding carboxylic acids is 1. The van der Waals surface area contributed by atoms with Gasteiger partial charge in [-0.1, -0.05) is 149 Å². The lowest BCUT2D eigenvalue weighted by Gasteiger charge is -2.37. The van der Waals surface area contributed by atoms with E-state index in [0.717, 1.165) is 36.0 Å². The Bertz CT molecular complexity index is 1250. The molecule has 2 atom stereocenters. The second-order valence-electron chi connectivity index (χ2n) is 13.4. The van der Waals surface area contributed by atoms with Gasteiger partial charge < -0.3 is 18.9 Å². The summed E-state index contributed by atoms with van der Waals surface area (Å²) in [6, 6.07) is 29.6. The number of ether oxygens (including phenoxy) is 2. The van der Waals surface area contributed by atoms with Crippen LogP contribution in [0.15, 0.2) is 91.0 Å². The number of carbonyl (C=O) groups is 1. The van der Waals surface area contributed by atoms with Crippen molar-refractivity contribution >= 4 is 13.8 Å². The quantitative estimate of drug-likeness (QED) is 0.0332. The second-order valence-corrected chi connectivity index (χ2v) is 14.8. The minimum absolute atomic E-state index is 0.0377. The summed E-state index contributed by atoms with van der Waals surface area (Å²) in [6.45, 7) is 2.31. The second kappa shape index (κ2) is 20.6. The Balaban J connectivity index is 1.77. The molecule has 0 fully saturated rings. The molecular weight excluding hydrogens is 627 g/mol. The van der Waals surface area contributed by atoms with Crippen LogP contribution in [0.1, 0.15) is 87.8 Å². The first kappa shape index (κ1) is 39.6. The van der Waals surface area contributed by atoms with Gasteiger partial charge in [0.25, 0.3) is 0 Å². The summed E-state index contributed by atoms with van der Waals surface area (Å²) in [5.41, 5.74) is 1.61. The van der Waals surface area contributed by atoms with Crippen molar-refractivity contribution in [3.05, 3.63) is 108 Å². The van der Waals surface area contributed by atoms with Crippen LogP contribution < -0.4 is 0 Å². The van der Waals surface area contributed by atoms with Crippen molar-refractivity contribution in [1.29, 1.82) is 0 Å². The average Bonchev–Trinajstić information content (AvgIpc) is 3.07. The van der Waals surface area contributed by atoms with Gasteiger partial charge in [0.2, 0.25) is 0 Å². The molecule has 3 aromatic carbocycles. The van der Waals surface area contributed by atoms with Gasteiger partial charge in [0.15, 0.2) is 0 Å². The first-order chi connectivity index (χ1) is 23.1. The molecule has 0 saturated carbocycles. The van der Waals surface area contributed by atoms with E-state index < -0.39 is 25.5 Å². The van der Waals surface area contributed by atoms with Crippen LogP contribution in [0.2, 0.25) is 0 Å². The van der Waals surface area contributed by atoms with Crippen LogP contribution in [0.3, 0.4) is 0 Å². The molecule has 0 amide bonds. The molecule has 9 heteroatoms.